The Morgan fingerprint density at radius 1 is 1.27 bits per heavy atom. The molecule has 0 spiro atoms. The monoisotopic (exact) mass is 306 g/mol. The molecule has 0 bridgehead atoms. The number of cyclic esters (lactones) is 1. The maximum atomic E-state index is 11.7. The first-order chi connectivity index (χ1) is 10.3. The number of rotatable bonds is 5. The second-order valence-corrected chi connectivity index (χ2v) is 5.38. The van der Waals surface area contributed by atoms with E-state index in [0.717, 1.165) is 5.57 Å². The second-order valence-electron chi connectivity index (χ2n) is 5.38. The number of aliphatic carboxylic acids is 1. The maximum absolute atomic E-state index is 11.7. The Morgan fingerprint density at radius 2 is 1.95 bits per heavy atom. The zero-order chi connectivity index (χ0) is 16.4. The number of carbonyl (C=O) groups excluding carboxylic acids is 1. The van der Waals surface area contributed by atoms with Gasteiger partial charge in [0.05, 0.1) is 0 Å². The van der Waals surface area contributed by atoms with Gasteiger partial charge in [0.15, 0.2) is 0 Å². The zero-order valence-electron chi connectivity index (χ0n) is 12.5. The van der Waals surface area contributed by atoms with Crippen LogP contribution in [0.2, 0.25) is 0 Å². The van der Waals surface area contributed by atoms with Crippen molar-refractivity contribution in [2.24, 2.45) is 0 Å². The predicted octanol–water partition coefficient (Wildman–Crippen LogP) is 2.43. The van der Waals surface area contributed by atoms with Crippen molar-refractivity contribution < 1.29 is 29.6 Å². The quantitative estimate of drug-likeness (QED) is 0.570. The van der Waals surface area contributed by atoms with E-state index in [1.165, 1.54) is 0 Å². The molecule has 0 saturated heterocycles. The van der Waals surface area contributed by atoms with Gasteiger partial charge in [-0.2, -0.15) is 0 Å². The number of carboxylic acid groups (broad SMARTS) is 1. The third-order valence-corrected chi connectivity index (χ3v) is 3.86. The highest BCUT2D eigenvalue weighted by Gasteiger charge is 2.31. The van der Waals surface area contributed by atoms with Gasteiger partial charge in [0, 0.05) is 17.5 Å². The Balaban J connectivity index is 2.31. The molecule has 1 aliphatic rings. The number of ether oxygens (including phenoxy) is 1. The number of hydrogen-bond donors (Lipinski definition) is 3. The molecule has 1 heterocycles. The van der Waals surface area contributed by atoms with Crippen LogP contribution in [0, 0.1) is 6.92 Å². The molecular formula is C16H18O6. The van der Waals surface area contributed by atoms with Crippen molar-refractivity contribution in [2.75, 3.05) is 0 Å². The molecule has 2 rings (SSSR count). The molecular weight excluding hydrogens is 288 g/mol. The van der Waals surface area contributed by atoms with Gasteiger partial charge in [-0.25, -0.2) is 4.79 Å². The number of allylic oxidation sites excluding steroid dienone is 2. The molecule has 0 radical (unpaired) electrons. The van der Waals surface area contributed by atoms with Crippen molar-refractivity contribution in [3.05, 3.63) is 33.9 Å². The van der Waals surface area contributed by atoms with Crippen LogP contribution in [0.4, 0.5) is 0 Å². The summed E-state index contributed by atoms with van der Waals surface area (Å²) in [6, 6.07) is 0. The lowest BCUT2D eigenvalue weighted by atomic mass is 9.95. The van der Waals surface area contributed by atoms with Gasteiger partial charge in [0.25, 0.3) is 0 Å². The molecule has 6 heteroatoms. The minimum absolute atomic E-state index is 0.0236. The fourth-order valence-corrected chi connectivity index (χ4v) is 2.45. The van der Waals surface area contributed by atoms with Crippen LogP contribution in [-0.2, 0) is 22.6 Å². The van der Waals surface area contributed by atoms with Crippen LogP contribution in [0.25, 0.3) is 0 Å². The SMILES string of the molecule is CC(=CCc1c(O)c(C)c2c(c1O)C(=O)OC2)CCC(=O)O. The summed E-state index contributed by atoms with van der Waals surface area (Å²) in [6.45, 7) is 3.50. The fraction of sp³-hybridized carbons (Fsp3) is 0.375. The first kappa shape index (κ1) is 15.9. The molecule has 1 aromatic carbocycles. The van der Waals surface area contributed by atoms with Crippen molar-refractivity contribution in [3.8, 4) is 11.5 Å². The van der Waals surface area contributed by atoms with Gasteiger partial charge in [-0.15, -0.1) is 0 Å². The lowest BCUT2D eigenvalue weighted by Crippen LogP contribution is -2.00. The molecule has 6 nitrogen and oxygen atoms in total. The van der Waals surface area contributed by atoms with Gasteiger partial charge in [0.1, 0.15) is 23.7 Å². The highest BCUT2D eigenvalue weighted by atomic mass is 16.5. The average molecular weight is 306 g/mol. The Bertz CT molecular complexity index is 672. The van der Waals surface area contributed by atoms with E-state index in [1.807, 2.05) is 0 Å². The summed E-state index contributed by atoms with van der Waals surface area (Å²) in [6.07, 6.45) is 2.37. The van der Waals surface area contributed by atoms with E-state index >= 15 is 0 Å². The molecule has 0 aliphatic carbocycles. The molecule has 1 aromatic rings. The predicted molar refractivity (Wildman–Crippen MR) is 78.0 cm³/mol. The van der Waals surface area contributed by atoms with Crippen LogP contribution in [0.3, 0.4) is 0 Å². The average Bonchev–Trinajstić information content (AvgIpc) is 2.85. The third kappa shape index (κ3) is 2.90. The molecule has 118 valence electrons. The number of fused-ring (bicyclic) bond motifs is 1. The first-order valence-electron chi connectivity index (χ1n) is 6.93. The van der Waals surface area contributed by atoms with Crippen molar-refractivity contribution >= 4 is 11.9 Å². The van der Waals surface area contributed by atoms with E-state index in [1.54, 1.807) is 19.9 Å². The normalized spacial score (nSPS) is 13.9. The summed E-state index contributed by atoms with van der Waals surface area (Å²) in [7, 11) is 0. The molecule has 0 amide bonds. The van der Waals surface area contributed by atoms with E-state index < -0.39 is 11.9 Å². The molecule has 0 unspecified atom stereocenters. The van der Waals surface area contributed by atoms with Crippen LogP contribution >= 0.6 is 0 Å². The van der Waals surface area contributed by atoms with Gasteiger partial charge >= 0.3 is 11.9 Å². The Morgan fingerprint density at radius 3 is 2.59 bits per heavy atom. The van der Waals surface area contributed by atoms with Crippen LogP contribution in [0.5, 0.6) is 11.5 Å². The number of benzene rings is 1. The van der Waals surface area contributed by atoms with E-state index in [2.05, 4.69) is 0 Å². The number of phenolic OH excluding ortho intramolecular Hbond substituents is 2. The summed E-state index contributed by atoms with van der Waals surface area (Å²) in [4.78, 5) is 22.2. The van der Waals surface area contributed by atoms with Crippen LogP contribution in [0.1, 0.15) is 46.8 Å². The van der Waals surface area contributed by atoms with Crippen molar-refractivity contribution in [3.63, 3.8) is 0 Å². The Labute approximate surface area is 127 Å². The van der Waals surface area contributed by atoms with E-state index in [-0.39, 0.29) is 42.1 Å². The molecule has 3 N–H and O–H groups in total. The van der Waals surface area contributed by atoms with E-state index in [4.69, 9.17) is 9.84 Å². The second kappa shape index (κ2) is 6.09. The molecule has 22 heavy (non-hydrogen) atoms. The lowest BCUT2D eigenvalue weighted by Gasteiger charge is -2.12. The molecule has 0 aromatic heterocycles. The first-order valence-corrected chi connectivity index (χ1v) is 6.93. The molecule has 0 atom stereocenters. The zero-order valence-corrected chi connectivity index (χ0v) is 12.5. The largest absolute Gasteiger partial charge is 0.507 e. The van der Waals surface area contributed by atoms with Gasteiger partial charge in [0.2, 0.25) is 0 Å². The lowest BCUT2D eigenvalue weighted by molar-refractivity contribution is -0.136. The van der Waals surface area contributed by atoms with Crippen molar-refractivity contribution in [1.82, 2.24) is 0 Å². The number of carbonyl (C=O) groups is 2. The fourth-order valence-electron chi connectivity index (χ4n) is 2.45. The van der Waals surface area contributed by atoms with Gasteiger partial charge in [-0.05, 0) is 32.3 Å². The summed E-state index contributed by atoms with van der Waals surface area (Å²) >= 11 is 0. The highest BCUT2D eigenvalue weighted by molar-refractivity contribution is 5.98. The van der Waals surface area contributed by atoms with Crippen molar-refractivity contribution in [2.45, 2.75) is 39.7 Å². The smallest absolute Gasteiger partial charge is 0.342 e. The topological polar surface area (TPSA) is 104 Å². The van der Waals surface area contributed by atoms with Crippen molar-refractivity contribution in [1.29, 1.82) is 0 Å². The third-order valence-electron chi connectivity index (χ3n) is 3.86. The van der Waals surface area contributed by atoms with Crippen LogP contribution in [0.15, 0.2) is 11.6 Å². The number of hydrogen-bond acceptors (Lipinski definition) is 5. The number of aromatic hydroxyl groups is 2. The Kier molecular flexibility index (Phi) is 4.40. The number of phenols is 2. The van der Waals surface area contributed by atoms with Gasteiger partial charge in [-0.3, -0.25) is 4.79 Å². The highest BCUT2D eigenvalue weighted by Crippen LogP contribution is 2.41. The van der Waals surface area contributed by atoms with E-state index in [0.29, 0.717) is 17.5 Å². The minimum Gasteiger partial charge on any atom is -0.507 e. The molecule has 0 fully saturated rings. The summed E-state index contributed by atoms with van der Waals surface area (Å²) < 4.78 is 4.89. The molecule has 1 aliphatic heterocycles. The molecule has 0 saturated carbocycles. The van der Waals surface area contributed by atoms with Gasteiger partial charge in [-0.1, -0.05) is 11.6 Å². The summed E-state index contributed by atoms with van der Waals surface area (Å²) in [5.74, 6) is -1.79. The number of esters is 1. The summed E-state index contributed by atoms with van der Waals surface area (Å²) in [5.41, 5.74) is 2.23. The standard InChI is InChI=1S/C16H18O6/c1-8(4-6-12(17)18)3-5-10-14(19)9(2)11-7-22-16(21)13(11)15(10)20/h3,19-20H,4-7H2,1-2H3,(H,17,18). The van der Waals surface area contributed by atoms with Crippen LogP contribution in [-0.4, -0.2) is 27.3 Å². The summed E-state index contributed by atoms with van der Waals surface area (Å²) in [5, 5.41) is 29.1. The maximum Gasteiger partial charge on any atom is 0.342 e. The Hall–Kier alpha value is -2.50. The van der Waals surface area contributed by atoms with Crippen LogP contribution < -0.4 is 0 Å². The van der Waals surface area contributed by atoms with E-state index in [9.17, 15) is 19.8 Å². The minimum atomic E-state index is -0.880. The number of carboxylic acids is 1. The van der Waals surface area contributed by atoms with Gasteiger partial charge < -0.3 is 20.1 Å².